The Balaban J connectivity index is 2.24. The third-order valence-corrected chi connectivity index (χ3v) is 2.55. The molecule has 2 aromatic heterocycles. The van der Waals surface area contributed by atoms with Crippen LogP contribution in [0.3, 0.4) is 0 Å². The van der Waals surface area contributed by atoms with Crippen LogP contribution in [-0.2, 0) is 4.74 Å². The van der Waals surface area contributed by atoms with Crippen LogP contribution in [0.25, 0.3) is 5.13 Å². The van der Waals surface area contributed by atoms with E-state index in [9.17, 15) is 4.79 Å². The van der Waals surface area contributed by atoms with Crippen molar-refractivity contribution in [3.8, 4) is 11.2 Å². The lowest BCUT2D eigenvalue weighted by Gasteiger charge is -1.94. The number of esters is 1. The maximum absolute atomic E-state index is 11.3. The van der Waals surface area contributed by atoms with Gasteiger partial charge in [-0.05, 0) is 6.92 Å². The molecule has 0 aliphatic heterocycles. The predicted molar refractivity (Wildman–Crippen MR) is 55.5 cm³/mol. The van der Waals surface area contributed by atoms with E-state index in [0.29, 0.717) is 5.13 Å². The minimum absolute atomic E-state index is 0.0258. The molecule has 0 aliphatic rings. The van der Waals surface area contributed by atoms with Crippen LogP contribution in [0.15, 0.2) is 6.33 Å². The highest BCUT2D eigenvalue weighted by Gasteiger charge is 2.15. The lowest BCUT2D eigenvalue weighted by Crippen LogP contribution is -2.03. The van der Waals surface area contributed by atoms with Crippen molar-refractivity contribution >= 4 is 17.3 Å². The van der Waals surface area contributed by atoms with Gasteiger partial charge in [0, 0.05) is 0 Å². The van der Waals surface area contributed by atoms with Gasteiger partial charge < -0.3 is 4.74 Å². The van der Waals surface area contributed by atoms with E-state index in [1.54, 1.807) is 13.0 Å². The molecule has 9 heteroatoms. The molecule has 0 aromatic carbocycles. The summed E-state index contributed by atoms with van der Waals surface area (Å²) in [4.78, 5) is 15.1. The maximum atomic E-state index is 11.3. The minimum atomic E-state index is -0.531. The van der Waals surface area contributed by atoms with Crippen LogP contribution >= 0.6 is 11.3 Å². The van der Waals surface area contributed by atoms with E-state index < -0.39 is 5.97 Å². The Bertz CT molecular complexity index is 583. The molecule has 0 aliphatic carbocycles. The van der Waals surface area contributed by atoms with Crippen molar-refractivity contribution in [3.05, 3.63) is 17.2 Å². The monoisotopic (exact) mass is 250 g/mol. The molecule has 0 N–H and O–H groups in total. The van der Waals surface area contributed by atoms with E-state index >= 15 is 0 Å². The van der Waals surface area contributed by atoms with Gasteiger partial charge in [0.25, 0.3) is 5.82 Å². The molecule has 0 amide bonds. The first kappa shape index (κ1) is 11.2. The van der Waals surface area contributed by atoms with Crippen LogP contribution in [0.2, 0.25) is 0 Å². The van der Waals surface area contributed by atoms with Crippen molar-refractivity contribution in [2.24, 2.45) is 0 Å². The van der Waals surface area contributed by atoms with Crippen LogP contribution in [0, 0.1) is 11.3 Å². The molecule has 0 fully saturated rings. The summed E-state index contributed by atoms with van der Waals surface area (Å²) < 4.78 is 6.05. The van der Waals surface area contributed by atoms with Gasteiger partial charge in [-0.25, -0.2) is 9.78 Å². The lowest BCUT2D eigenvalue weighted by molar-refractivity contribution is 0.0525. The normalized spacial score (nSPS) is 9.88. The second-order valence-corrected chi connectivity index (χ2v) is 3.69. The van der Waals surface area contributed by atoms with E-state index in [2.05, 4.69) is 20.3 Å². The van der Waals surface area contributed by atoms with Crippen LogP contribution in [0.1, 0.15) is 22.6 Å². The van der Waals surface area contributed by atoms with Crippen LogP contribution < -0.4 is 0 Å². The molecule has 0 radical (unpaired) electrons. The Morgan fingerprint density at radius 3 is 3.12 bits per heavy atom. The fourth-order valence-corrected chi connectivity index (χ4v) is 1.65. The third kappa shape index (κ3) is 2.26. The molecule has 0 bridgehead atoms. The Morgan fingerprint density at radius 1 is 1.65 bits per heavy atom. The van der Waals surface area contributed by atoms with E-state index in [4.69, 9.17) is 10.00 Å². The minimum Gasteiger partial charge on any atom is -0.461 e. The first-order valence-corrected chi connectivity index (χ1v) is 5.39. The number of nitrogens with zero attached hydrogens (tertiary/aromatic N) is 6. The molecule has 0 unspecified atom stereocenters. The smallest absolute Gasteiger partial charge is 0.369 e. The molecule has 2 rings (SSSR count). The van der Waals surface area contributed by atoms with Gasteiger partial charge in [0.2, 0.25) is 10.1 Å². The summed E-state index contributed by atoms with van der Waals surface area (Å²) in [5.74, 6) is -0.505. The quantitative estimate of drug-likeness (QED) is 0.714. The summed E-state index contributed by atoms with van der Waals surface area (Å²) in [7, 11) is 0. The lowest BCUT2D eigenvalue weighted by atomic mass is 10.7. The predicted octanol–water partition coefficient (Wildman–Crippen LogP) is 0.167. The molecule has 0 saturated heterocycles. The highest BCUT2D eigenvalue weighted by atomic mass is 32.1. The van der Waals surface area contributed by atoms with Gasteiger partial charge >= 0.3 is 5.97 Å². The van der Waals surface area contributed by atoms with Gasteiger partial charge in [-0.1, -0.05) is 11.3 Å². The van der Waals surface area contributed by atoms with Crippen molar-refractivity contribution in [2.75, 3.05) is 6.61 Å². The Kier molecular flexibility index (Phi) is 3.06. The topological polar surface area (TPSA) is 107 Å². The highest BCUT2D eigenvalue weighted by molar-refractivity contribution is 7.15. The number of hydrogen-bond donors (Lipinski definition) is 0. The Labute approximate surface area is 99.5 Å². The summed E-state index contributed by atoms with van der Waals surface area (Å²) in [5.41, 5.74) is 0. The second-order valence-electron chi connectivity index (χ2n) is 2.73. The summed E-state index contributed by atoms with van der Waals surface area (Å²) in [6, 6.07) is 1.79. The highest BCUT2D eigenvalue weighted by Crippen LogP contribution is 2.14. The molecule has 0 saturated carbocycles. The fourth-order valence-electron chi connectivity index (χ4n) is 0.990. The van der Waals surface area contributed by atoms with E-state index in [-0.39, 0.29) is 17.4 Å². The first-order valence-electron chi connectivity index (χ1n) is 4.57. The first-order chi connectivity index (χ1) is 8.24. The maximum Gasteiger partial charge on any atom is 0.369 e. The van der Waals surface area contributed by atoms with E-state index in [1.807, 2.05) is 0 Å². The summed E-state index contributed by atoms with van der Waals surface area (Å²) >= 11 is 1.01. The van der Waals surface area contributed by atoms with Crippen molar-refractivity contribution in [1.29, 1.82) is 5.26 Å². The molecular formula is C8H6N6O2S. The third-order valence-electron chi connectivity index (χ3n) is 1.65. The molecule has 0 spiro atoms. The number of rotatable bonds is 3. The number of hydrogen-bond acceptors (Lipinski definition) is 8. The van der Waals surface area contributed by atoms with Gasteiger partial charge in [0.05, 0.1) is 6.61 Å². The largest absolute Gasteiger partial charge is 0.461 e. The van der Waals surface area contributed by atoms with E-state index in [0.717, 1.165) is 11.3 Å². The standard InChI is InChI=1S/C8H6N6O2S/c1-2-16-7(15)6-11-12-8(17-6)14-4-10-5(3-9)13-14/h4H,2H2,1H3. The van der Waals surface area contributed by atoms with Crippen molar-refractivity contribution in [2.45, 2.75) is 6.92 Å². The van der Waals surface area contributed by atoms with E-state index in [1.165, 1.54) is 11.0 Å². The van der Waals surface area contributed by atoms with Crippen LogP contribution in [0.5, 0.6) is 0 Å². The molecule has 86 valence electrons. The molecule has 2 heterocycles. The zero-order valence-corrected chi connectivity index (χ0v) is 9.51. The van der Waals surface area contributed by atoms with Gasteiger partial charge in [0.1, 0.15) is 12.4 Å². The average Bonchev–Trinajstić information content (AvgIpc) is 2.98. The molecule has 17 heavy (non-hydrogen) atoms. The number of nitriles is 1. The molecule has 0 atom stereocenters. The average molecular weight is 250 g/mol. The SMILES string of the molecule is CCOC(=O)c1nnc(-n2cnc(C#N)n2)s1. The van der Waals surface area contributed by atoms with Gasteiger partial charge in [-0.15, -0.1) is 15.3 Å². The van der Waals surface area contributed by atoms with Gasteiger partial charge in [0.15, 0.2) is 0 Å². The van der Waals surface area contributed by atoms with Crippen LogP contribution in [-0.4, -0.2) is 37.5 Å². The zero-order valence-electron chi connectivity index (χ0n) is 8.69. The second kappa shape index (κ2) is 4.67. The van der Waals surface area contributed by atoms with Crippen molar-refractivity contribution in [3.63, 3.8) is 0 Å². The number of carbonyl (C=O) groups is 1. The fraction of sp³-hybridized carbons (Fsp3) is 0.250. The van der Waals surface area contributed by atoms with Gasteiger partial charge in [-0.2, -0.15) is 9.94 Å². The number of carbonyl (C=O) groups excluding carboxylic acids is 1. The number of ether oxygens (including phenoxy) is 1. The van der Waals surface area contributed by atoms with Gasteiger partial charge in [-0.3, -0.25) is 0 Å². The summed E-state index contributed by atoms with van der Waals surface area (Å²) in [5, 5.41) is 20.3. The molecule has 2 aromatic rings. The van der Waals surface area contributed by atoms with Crippen molar-refractivity contribution in [1.82, 2.24) is 25.0 Å². The van der Waals surface area contributed by atoms with Crippen LogP contribution in [0.4, 0.5) is 0 Å². The summed E-state index contributed by atoms with van der Waals surface area (Å²) in [6.07, 6.45) is 1.33. The Hall–Kier alpha value is -2.34. The zero-order chi connectivity index (χ0) is 12.3. The molecule has 8 nitrogen and oxygen atoms in total. The van der Waals surface area contributed by atoms with Crippen molar-refractivity contribution < 1.29 is 9.53 Å². The molecular weight excluding hydrogens is 244 g/mol. The Morgan fingerprint density at radius 2 is 2.47 bits per heavy atom. The number of aromatic nitrogens is 5. The summed E-state index contributed by atoms with van der Waals surface area (Å²) in [6.45, 7) is 1.98.